The molecule has 1 saturated heterocycles. The zero-order valence-electron chi connectivity index (χ0n) is 17.4. The Labute approximate surface area is 186 Å². The summed E-state index contributed by atoms with van der Waals surface area (Å²) in [6, 6.07) is 16.3. The monoisotopic (exact) mass is 438 g/mol. The molecule has 1 atom stereocenters. The number of amides is 1. The average Bonchev–Trinajstić information content (AvgIpc) is 2.79. The molecular formula is C23H23ClN4O3. The van der Waals surface area contributed by atoms with Crippen LogP contribution in [0.4, 0.5) is 5.82 Å². The Morgan fingerprint density at radius 2 is 1.81 bits per heavy atom. The van der Waals surface area contributed by atoms with Gasteiger partial charge in [0, 0.05) is 31.7 Å². The number of methoxy groups -OCH3 is 1. The number of hydrogen-bond donors (Lipinski definition) is 0. The predicted molar refractivity (Wildman–Crippen MR) is 119 cm³/mol. The van der Waals surface area contributed by atoms with Gasteiger partial charge < -0.3 is 19.3 Å². The first-order valence-electron chi connectivity index (χ1n) is 10.00. The highest BCUT2D eigenvalue weighted by molar-refractivity contribution is 6.33. The maximum Gasteiger partial charge on any atom is 0.255 e. The molecule has 1 aliphatic rings. The molecule has 0 aliphatic carbocycles. The fourth-order valence-corrected chi connectivity index (χ4v) is 3.85. The van der Waals surface area contributed by atoms with Crippen molar-refractivity contribution in [3.63, 3.8) is 0 Å². The van der Waals surface area contributed by atoms with Crippen LogP contribution in [0, 0.1) is 0 Å². The number of ether oxygens (including phenoxy) is 2. The number of rotatable bonds is 5. The number of piperazine rings is 1. The first-order valence-corrected chi connectivity index (χ1v) is 10.4. The molecule has 4 rings (SSSR count). The van der Waals surface area contributed by atoms with Gasteiger partial charge in [-0.25, -0.2) is 9.97 Å². The molecule has 1 fully saturated rings. The molecule has 0 bridgehead atoms. The number of benzene rings is 2. The lowest BCUT2D eigenvalue weighted by atomic mass is 10.1. The number of carbonyl (C=O) groups excluding carboxylic acids is 1. The van der Waals surface area contributed by atoms with Gasteiger partial charge in [0.05, 0.1) is 17.7 Å². The van der Waals surface area contributed by atoms with Gasteiger partial charge in [-0.3, -0.25) is 4.79 Å². The Morgan fingerprint density at radius 3 is 2.55 bits per heavy atom. The molecule has 3 aromatic rings. The van der Waals surface area contributed by atoms with Gasteiger partial charge in [-0.05, 0) is 31.2 Å². The van der Waals surface area contributed by atoms with E-state index in [1.165, 1.54) is 6.33 Å². The summed E-state index contributed by atoms with van der Waals surface area (Å²) in [5, 5.41) is 0.469. The topological polar surface area (TPSA) is 67.8 Å². The van der Waals surface area contributed by atoms with Crippen molar-refractivity contribution in [1.82, 2.24) is 14.9 Å². The fourth-order valence-electron chi connectivity index (χ4n) is 3.63. The second-order valence-electron chi connectivity index (χ2n) is 7.24. The molecule has 0 N–H and O–H groups in total. The minimum Gasteiger partial charge on any atom is -0.493 e. The molecule has 0 spiro atoms. The largest absolute Gasteiger partial charge is 0.493 e. The Kier molecular flexibility index (Phi) is 6.23. The van der Waals surface area contributed by atoms with Crippen LogP contribution in [0.25, 0.3) is 0 Å². The van der Waals surface area contributed by atoms with Crippen molar-refractivity contribution in [1.29, 1.82) is 0 Å². The molecule has 2 heterocycles. The molecule has 1 unspecified atom stereocenters. The smallest absolute Gasteiger partial charge is 0.255 e. The Morgan fingerprint density at radius 1 is 1.06 bits per heavy atom. The van der Waals surface area contributed by atoms with E-state index in [1.54, 1.807) is 25.3 Å². The number of para-hydroxylation sites is 2. The third-order valence-corrected chi connectivity index (χ3v) is 5.56. The van der Waals surface area contributed by atoms with Gasteiger partial charge in [-0.2, -0.15) is 0 Å². The SMILES string of the molecule is COc1ccccc1Oc1cc(N2CCN(C(=O)c3ccccc3Cl)C(C)C2)ncn1. The van der Waals surface area contributed by atoms with E-state index in [9.17, 15) is 4.79 Å². The van der Waals surface area contributed by atoms with Gasteiger partial charge in [0.2, 0.25) is 5.88 Å². The van der Waals surface area contributed by atoms with Crippen LogP contribution in [0.5, 0.6) is 17.4 Å². The molecule has 0 saturated carbocycles. The van der Waals surface area contributed by atoms with Gasteiger partial charge >= 0.3 is 0 Å². The normalized spacial score (nSPS) is 16.2. The molecule has 8 heteroatoms. The number of aromatic nitrogens is 2. The average molecular weight is 439 g/mol. The molecular weight excluding hydrogens is 416 g/mol. The minimum absolute atomic E-state index is 0.00826. The molecule has 1 aliphatic heterocycles. The minimum atomic E-state index is -0.0550. The van der Waals surface area contributed by atoms with Crippen molar-refractivity contribution in [2.24, 2.45) is 0 Å². The summed E-state index contributed by atoms with van der Waals surface area (Å²) in [7, 11) is 1.60. The maximum absolute atomic E-state index is 13.0. The second-order valence-corrected chi connectivity index (χ2v) is 7.65. The number of anilines is 1. The highest BCUT2D eigenvalue weighted by Crippen LogP contribution is 2.31. The molecule has 31 heavy (non-hydrogen) atoms. The summed E-state index contributed by atoms with van der Waals surface area (Å²) in [6.07, 6.45) is 1.48. The van der Waals surface area contributed by atoms with E-state index >= 15 is 0 Å². The lowest BCUT2D eigenvalue weighted by molar-refractivity contribution is 0.0674. The van der Waals surface area contributed by atoms with E-state index in [4.69, 9.17) is 21.1 Å². The third kappa shape index (κ3) is 4.56. The van der Waals surface area contributed by atoms with Gasteiger partial charge in [0.25, 0.3) is 5.91 Å². The van der Waals surface area contributed by atoms with Crippen molar-refractivity contribution in [2.45, 2.75) is 13.0 Å². The molecule has 1 amide bonds. The highest BCUT2D eigenvalue weighted by Gasteiger charge is 2.29. The lowest BCUT2D eigenvalue weighted by Crippen LogP contribution is -2.54. The molecule has 2 aromatic carbocycles. The summed E-state index contributed by atoms with van der Waals surface area (Å²) >= 11 is 6.22. The molecule has 160 valence electrons. The van der Waals surface area contributed by atoms with E-state index in [-0.39, 0.29) is 11.9 Å². The number of carbonyl (C=O) groups is 1. The van der Waals surface area contributed by atoms with Crippen LogP contribution >= 0.6 is 11.6 Å². The first kappa shape index (κ1) is 20.9. The summed E-state index contributed by atoms with van der Waals surface area (Å²) in [5.41, 5.74) is 0.527. The second kappa shape index (κ2) is 9.22. The van der Waals surface area contributed by atoms with Crippen molar-refractivity contribution in [2.75, 3.05) is 31.6 Å². The summed E-state index contributed by atoms with van der Waals surface area (Å²) in [4.78, 5) is 25.6. The van der Waals surface area contributed by atoms with Crippen molar-refractivity contribution >= 4 is 23.3 Å². The van der Waals surface area contributed by atoms with Crippen LogP contribution in [0.15, 0.2) is 60.9 Å². The van der Waals surface area contributed by atoms with Crippen LogP contribution in [0.3, 0.4) is 0 Å². The summed E-state index contributed by atoms with van der Waals surface area (Å²) in [6.45, 7) is 3.87. The van der Waals surface area contributed by atoms with E-state index in [2.05, 4.69) is 14.9 Å². The summed E-state index contributed by atoms with van der Waals surface area (Å²) in [5.74, 6) is 2.33. The maximum atomic E-state index is 13.0. The first-order chi connectivity index (χ1) is 15.1. The van der Waals surface area contributed by atoms with Crippen LogP contribution in [0.1, 0.15) is 17.3 Å². The van der Waals surface area contributed by atoms with Crippen molar-refractivity contribution in [3.8, 4) is 17.4 Å². The number of halogens is 1. The number of nitrogens with zero attached hydrogens (tertiary/aromatic N) is 4. The van der Waals surface area contributed by atoms with E-state index in [1.807, 2.05) is 48.2 Å². The van der Waals surface area contributed by atoms with Gasteiger partial charge in [0.15, 0.2) is 11.5 Å². The highest BCUT2D eigenvalue weighted by atomic mass is 35.5. The number of hydrogen-bond acceptors (Lipinski definition) is 6. The molecule has 0 radical (unpaired) electrons. The van der Waals surface area contributed by atoms with Crippen LogP contribution in [-0.4, -0.2) is 53.6 Å². The Hall–Kier alpha value is -3.32. The predicted octanol–water partition coefficient (Wildman–Crippen LogP) is 4.28. The van der Waals surface area contributed by atoms with Gasteiger partial charge in [-0.15, -0.1) is 0 Å². The van der Waals surface area contributed by atoms with Crippen LogP contribution in [0.2, 0.25) is 5.02 Å². The zero-order chi connectivity index (χ0) is 21.8. The van der Waals surface area contributed by atoms with Crippen molar-refractivity contribution < 1.29 is 14.3 Å². The third-order valence-electron chi connectivity index (χ3n) is 5.23. The van der Waals surface area contributed by atoms with Crippen LogP contribution in [-0.2, 0) is 0 Å². The van der Waals surface area contributed by atoms with Gasteiger partial charge in [-0.1, -0.05) is 35.9 Å². The lowest BCUT2D eigenvalue weighted by Gasteiger charge is -2.40. The van der Waals surface area contributed by atoms with E-state index in [0.29, 0.717) is 47.6 Å². The summed E-state index contributed by atoms with van der Waals surface area (Å²) < 4.78 is 11.2. The Bertz CT molecular complexity index is 1080. The van der Waals surface area contributed by atoms with Crippen LogP contribution < -0.4 is 14.4 Å². The van der Waals surface area contributed by atoms with Gasteiger partial charge in [0.1, 0.15) is 12.1 Å². The Balaban J connectivity index is 1.46. The van der Waals surface area contributed by atoms with Crippen molar-refractivity contribution in [3.05, 3.63) is 71.5 Å². The quantitative estimate of drug-likeness (QED) is 0.592. The standard InChI is InChI=1S/C23H23ClN4O3/c1-16-14-27(11-12-28(16)23(29)17-7-3-4-8-18(17)24)21-13-22(26-15-25-21)31-20-10-6-5-9-19(20)30-2/h3-10,13,15-16H,11-12,14H2,1-2H3. The van der Waals surface area contributed by atoms with E-state index < -0.39 is 0 Å². The molecule has 7 nitrogen and oxygen atoms in total. The fraction of sp³-hybridized carbons (Fsp3) is 0.261. The zero-order valence-corrected chi connectivity index (χ0v) is 18.1. The molecule has 1 aromatic heterocycles. The van der Waals surface area contributed by atoms with E-state index in [0.717, 1.165) is 5.82 Å².